The van der Waals surface area contributed by atoms with E-state index in [4.69, 9.17) is 4.74 Å². The van der Waals surface area contributed by atoms with Crippen molar-refractivity contribution in [2.24, 2.45) is 5.92 Å². The second-order valence-corrected chi connectivity index (χ2v) is 9.30. The molecule has 0 aromatic heterocycles. The van der Waals surface area contributed by atoms with Gasteiger partial charge in [0.1, 0.15) is 0 Å². The second-order valence-electron chi connectivity index (χ2n) is 7.59. The molecule has 1 atom stereocenters. The number of morpholine rings is 1. The third-order valence-corrected chi connectivity index (χ3v) is 6.62. The van der Waals surface area contributed by atoms with E-state index in [0.29, 0.717) is 18.0 Å². The van der Waals surface area contributed by atoms with Gasteiger partial charge in [-0.2, -0.15) is 0 Å². The predicted octanol–water partition coefficient (Wildman–Crippen LogP) is 1.21. The van der Waals surface area contributed by atoms with Crippen LogP contribution < -0.4 is 10.0 Å². The Hall–Kier alpha value is -1.48. The summed E-state index contributed by atoms with van der Waals surface area (Å²) in [5.41, 5.74) is 0.463. The second kappa shape index (κ2) is 8.68. The van der Waals surface area contributed by atoms with Crippen molar-refractivity contribution in [1.29, 1.82) is 0 Å². The van der Waals surface area contributed by atoms with E-state index < -0.39 is 10.0 Å². The van der Waals surface area contributed by atoms with Gasteiger partial charge in [-0.3, -0.25) is 9.69 Å². The molecule has 27 heavy (non-hydrogen) atoms. The summed E-state index contributed by atoms with van der Waals surface area (Å²) in [5.74, 6) is 0.220. The Kier molecular flexibility index (Phi) is 6.52. The largest absolute Gasteiger partial charge is 0.379 e. The highest BCUT2D eigenvalue weighted by Crippen LogP contribution is 2.22. The van der Waals surface area contributed by atoms with Crippen LogP contribution in [0.2, 0.25) is 0 Å². The molecule has 1 amide bonds. The van der Waals surface area contributed by atoms with Gasteiger partial charge in [-0.25, -0.2) is 13.1 Å². The van der Waals surface area contributed by atoms with E-state index >= 15 is 0 Å². The molecule has 1 saturated heterocycles. The molecule has 3 rings (SSSR count). The number of amides is 1. The SMILES string of the molecule is CC(C)C(CNC(=O)c1ccc(S(=O)(=O)NC2CC2)cc1)N1CCOCC1. The minimum atomic E-state index is -3.49. The van der Waals surface area contributed by atoms with Gasteiger partial charge in [0.25, 0.3) is 5.91 Å². The molecule has 1 unspecified atom stereocenters. The fourth-order valence-electron chi connectivity index (χ4n) is 3.27. The first-order valence-corrected chi connectivity index (χ1v) is 11.1. The lowest BCUT2D eigenvalue weighted by Gasteiger charge is -2.36. The fraction of sp³-hybridized carbons (Fsp3) is 0.632. The van der Waals surface area contributed by atoms with E-state index in [1.165, 1.54) is 12.1 Å². The van der Waals surface area contributed by atoms with Gasteiger partial charge >= 0.3 is 0 Å². The first kappa shape index (κ1) is 20.3. The van der Waals surface area contributed by atoms with E-state index in [2.05, 4.69) is 28.8 Å². The minimum Gasteiger partial charge on any atom is -0.379 e. The molecule has 8 heteroatoms. The quantitative estimate of drug-likeness (QED) is 0.691. The Labute approximate surface area is 161 Å². The Balaban J connectivity index is 1.58. The number of nitrogens with zero attached hydrogens (tertiary/aromatic N) is 1. The maximum absolute atomic E-state index is 12.5. The highest BCUT2D eigenvalue weighted by Gasteiger charge is 2.28. The minimum absolute atomic E-state index is 0.0612. The number of hydrogen-bond acceptors (Lipinski definition) is 5. The number of nitrogens with one attached hydrogen (secondary N) is 2. The summed E-state index contributed by atoms with van der Waals surface area (Å²) in [6, 6.07) is 6.42. The molecule has 150 valence electrons. The molecule has 0 radical (unpaired) electrons. The van der Waals surface area contributed by atoms with Crippen molar-refractivity contribution in [2.75, 3.05) is 32.8 Å². The zero-order valence-electron chi connectivity index (χ0n) is 16.0. The third-order valence-electron chi connectivity index (χ3n) is 5.08. The molecule has 1 aromatic rings. The molecule has 2 aliphatic rings. The highest BCUT2D eigenvalue weighted by molar-refractivity contribution is 7.89. The summed E-state index contributed by atoms with van der Waals surface area (Å²) in [5, 5.41) is 2.99. The van der Waals surface area contributed by atoms with Crippen molar-refractivity contribution in [2.45, 2.75) is 43.7 Å². The zero-order chi connectivity index (χ0) is 19.4. The van der Waals surface area contributed by atoms with E-state index in [0.717, 1.165) is 39.1 Å². The van der Waals surface area contributed by atoms with E-state index in [1.54, 1.807) is 12.1 Å². The van der Waals surface area contributed by atoms with Crippen molar-refractivity contribution in [1.82, 2.24) is 14.9 Å². The zero-order valence-corrected chi connectivity index (χ0v) is 16.8. The van der Waals surface area contributed by atoms with Gasteiger partial charge in [-0.1, -0.05) is 13.8 Å². The molecule has 7 nitrogen and oxygen atoms in total. The molecule has 1 saturated carbocycles. The highest BCUT2D eigenvalue weighted by atomic mass is 32.2. The van der Waals surface area contributed by atoms with Crippen LogP contribution in [0, 0.1) is 5.92 Å². The van der Waals surface area contributed by atoms with Gasteiger partial charge in [0.05, 0.1) is 18.1 Å². The summed E-state index contributed by atoms with van der Waals surface area (Å²) in [6.45, 7) is 8.06. The van der Waals surface area contributed by atoms with Crippen LogP contribution in [0.3, 0.4) is 0 Å². The van der Waals surface area contributed by atoms with Crippen molar-refractivity contribution in [3.63, 3.8) is 0 Å². The van der Waals surface area contributed by atoms with Crippen LogP contribution in [0.1, 0.15) is 37.0 Å². The van der Waals surface area contributed by atoms with Crippen molar-refractivity contribution >= 4 is 15.9 Å². The standard InChI is InChI=1S/C19H29N3O4S/c1-14(2)18(22-9-11-26-12-10-22)13-20-19(23)15-3-7-17(8-4-15)27(24,25)21-16-5-6-16/h3-4,7-8,14,16,18,21H,5-6,9-13H2,1-2H3,(H,20,23). The fourth-order valence-corrected chi connectivity index (χ4v) is 4.57. The summed E-state index contributed by atoms with van der Waals surface area (Å²) >= 11 is 0. The Morgan fingerprint density at radius 1 is 1.19 bits per heavy atom. The van der Waals surface area contributed by atoms with E-state index in [-0.39, 0.29) is 22.9 Å². The first-order valence-electron chi connectivity index (χ1n) is 9.59. The lowest BCUT2D eigenvalue weighted by molar-refractivity contribution is 0.00672. The van der Waals surface area contributed by atoms with Gasteiger partial charge in [-0.15, -0.1) is 0 Å². The van der Waals surface area contributed by atoms with Gasteiger partial charge in [-0.05, 0) is 43.0 Å². The monoisotopic (exact) mass is 395 g/mol. The average Bonchev–Trinajstić information content (AvgIpc) is 3.46. The smallest absolute Gasteiger partial charge is 0.251 e. The molecule has 0 spiro atoms. The topological polar surface area (TPSA) is 87.7 Å². The molecular formula is C19H29N3O4S. The van der Waals surface area contributed by atoms with Crippen molar-refractivity contribution < 1.29 is 17.9 Å². The number of benzene rings is 1. The Bertz CT molecular complexity index is 739. The number of hydrogen-bond donors (Lipinski definition) is 2. The number of sulfonamides is 1. The van der Waals surface area contributed by atoms with Gasteiger partial charge in [0, 0.05) is 37.3 Å². The molecule has 1 heterocycles. The maximum Gasteiger partial charge on any atom is 0.251 e. The normalized spacial score (nSPS) is 19.8. The van der Waals surface area contributed by atoms with Crippen LogP contribution in [0.5, 0.6) is 0 Å². The summed E-state index contributed by atoms with van der Waals surface area (Å²) < 4.78 is 32.5. The first-order chi connectivity index (χ1) is 12.9. The van der Waals surface area contributed by atoms with Crippen LogP contribution >= 0.6 is 0 Å². The van der Waals surface area contributed by atoms with Gasteiger partial charge in [0.2, 0.25) is 10.0 Å². The Morgan fingerprint density at radius 3 is 2.37 bits per heavy atom. The molecule has 1 aromatic carbocycles. The lowest BCUT2D eigenvalue weighted by Crippen LogP contribution is -2.51. The number of rotatable bonds is 8. The third kappa shape index (κ3) is 5.51. The molecule has 2 N–H and O–H groups in total. The number of ether oxygens (including phenoxy) is 1. The summed E-state index contributed by atoms with van der Waals surface area (Å²) in [7, 11) is -3.49. The predicted molar refractivity (Wildman–Crippen MR) is 103 cm³/mol. The van der Waals surface area contributed by atoms with Crippen molar-refractivity contribution in [3.05, 3.63) is 29.8 Å². The van der Waals surface area contributed by atoms with Crippen LogP contribution in [0.25, 0.3) is 0 Å². The van der Waals surface area contributed by atoms with Crippen LogP contribution in [0.4, 0.5) is 0 Å². The van der Waals surface area contributed by atoms with E-state index in [1.807, 2.05) is 0 Å². The number of carbonyl (C=O) groups excluding carboxylic acids is 1. The maximum atomic E-state index is 12.5. The van der Waals surface area contributed by atoms with Crippen LogP contribution in [0.15, 0.2) is 29.2 Å². The van der Waals surface area contributed by atoms with Crippen LogP contribution in [-0.2, 0) is 14.8 Å². The van der Waals surface area contributed by atoms with Gasteiger partial charge in [0.15, 0.2) is 0 Å². The summed E-state index contributed by atoms with van der Waals surface area (Å²) in [6.07, 6.45) is 1.78. The summed E-state index contributed by atoms with van der Waals surface area (Å²) in [4.78, 5) is 15.0. The van der Waals surface area contributed by atoms with Crippen molar-refractivity contribution in [3.8, 4) is 0 Å². The molecule has 0 bridgehead atoms. The number of carbonyl (C=O) groups is 1. The Morgan fingerprint density at radius 2 is 1.81 bits per heavy atom. The molecule has 2 fully saturated rings. The average molecular weight is 396 g/mol. The molecule has 1 aliphatic carbocycles. The van der Waals surface area contributed by atoms with E-state index in [9.17, 15) is 13.2 Å². The molecular weight excluding hydrogens is 366 g/mol. The molecule has 1 aliphatic heterocycles. The van der Waals surface area contributed by atoms with Crippen LogP contribution in [-0.4, -0.2) is 64.2 Å². The lowest BCUT2D eigenvalue weighted by atomic mass is 10.0. The van der Waals surface area contributed by atoms with Gasteiger partial charge < -0.3 is 10.1 Å².